The second-order valence-electron chi connectivity index (χ2n) is 5.46. The first-order chi connectivity index (χ1) is 8.49. The number of aryl methyl sites for hydroxylation is 1. The lowest BCUT2D eigenvalue weighted by Crippen LogP contribution is -2.38. The molecule has 1 aliphatic rings. The molecule has 0 atom stereocenters. The van der Waals surface area contributed by atoms with E-state index in [2.05, 4.69) is 29.8 Å². The van der Waals surface area contributed by atoms with Crippen molar-refractivity contribution in [3.05, 3.63) is 33.8 Å². The Hall–Kier alpha value is -0.830. The average Bonchev–Trinajstić information content (AvgIpc) is 3.12. The third-order valence-corrected chi connectivity index (χ3v) is 4.31. The number of amides is 1. The summed E-state index contributed by atoms with van der Waals surface area (Å²) in [5.74, 6) is 0.878. The first-order valence-corrected chi connectivity index (χ1v) is 7.35. The minimum absolute atomic E-state index is 0.151. The molecule has 2 rings (SSSR count). The lowest BCUT2D eigenvalue weighted by molar-refractivity contribution is 0.0696. The SMILES string of the molecule is Cc1ccc(C(=O)N(CC2CC2)C(C)C)cc1Br. The standard InChI is InChI=1S/C15H20BrNO/c1-10(2)17(9-12-5-6-12)15(18)13-7-4-11(3)14(16)8-13/h4,7-8,10,12H,5-6,9H2,1-3H3. The van der Waals surface area contributed by atoms with E-state index in [4.69, 9.17) is 0 Å². The molecule has 0 aliphatic heterocycles. The zero-order chi connectivity index (χ0) is 13.3. The number of halogens is 1. The summed E-state index contributed by atoms with van der Waals surface area (Å²) >= 11 is 3.49. The van der Waals surface area contributed by atoms with Crippen LogP contribution in [0.1, 0.15) is 42.6 Å². The maximum atomic E-state index is 12.5. The largest absolute Gasteiger partial charge is 0.336 e. The smallest absolute Gasteiger partial charge is 0.254 e. The van der Waals surface area contributed by atoms with Gasteiger partial charge in [0.25, 0.3) is 5.91 Å². The lowest BCUT2D eigenvalue weighted by atomic mass is 10.1. The van der Waals surface area contributed by atoms with Crippen LogP contribution in [-0.2, 0) is 0 Å². The Morgan fingerprint density at radius 1 is 1.44 bits per heavy atom. The molecule has 1 aromatic rings. The number of nitrogens with zero attached hydrogens (tertiary/aromatic N) is 1. The van der Waals surface area contributed by atoms with E-state index in [1.807, 2.05) is 30.0 Å². The quantitative estimate of drug-likeness (QED) is 0.822. The van der Waals surface area contributed by atoms with E-state index in [0.29, 0.717) is 0 Å². The van der Waals surface area contributed by atoms with Crippen molar-refractivity contribution < 1.29 is 4.79 Å². The van der Waals surface area contributed by atoms with E-state index in [-0.39, 0.29) is 11.9 Å². The molecule has 0 unspecified atom stereocenters. The topological polar surface area (TPSA) is 20.3 Å². The van der Waals surface area contributed by atoms with Gasteiger partial charge in [-0.3, -0.25) is 4.79 Å². The van der Waals surface area contributed by atoms with Gasteiger partial charge in [-0.15, -0.1) is 0 Å². The van der Waals surface area contributed by atoms with Gasteiger partial charge in [0.15, 0.2) is 0 Å². The third-order valence-electron chi connectivity index (χ3n) is 3.45. The van der Waals surface area contributed by atoms with Crippen LogP contribution < -0.4 is 0 Å². The van der Waals surface area contributed by atoms with Crippen molar-refractivity contribution in [1.29, 1.82) is 0 Å². The van der Waals surface area contributed by atoms with E-state index in [9.17, 15) is 4.79 Å². The molecule has 2 nitrogen and oxygen atoms in total. The molecule has 0 bridgehead atoms. The molecule has 1 saturated carbocycles. The first kappa shape index (κ1) is 13.6. The van der Waals surface area contributed by atoms with E-state index >= 15 is 0 Å². The summed E-state index contributed by atoms with van der Waals surface area (Å²) in [5, 5.41) is 0. The van der Waals surface area contributed by atoms with Gasteiger partial charge in [-0.25, -0.2) is 0 Å². The Morgan fingerprint density at radius 3 is 2.61 bits per heavy atom. The van der Waals surface area contributed by atoms with Gasteiger partial charge < -0.3 is 4.90 Å². The average molecular weight is 310 g/mol. The fraction of sp³-hybridized carbons (Fsp3) is 0.533. The highest BCUT2D eigenvalue weighted by molar-refractivity contribution is 9.10. The minimum atomic E-state index is 0.151. The van der Waals surface area contributed by atoms with Gasteiger partial charge in [0.1, 0.15) is 0 Å². The van der Waals surface area contributed by atoms with Crippen molar-refractivity contribution in [3.63, 3.8) is 0 Å². The van der Waals surface area contributed by atoms with Gasteiger partial charge in [-0.05, 0) is 57.2 Å². The zero-order valence-electron chi connectivity index (χ0n) is 11.2. The van der Waals surface area contributed by atoms with Gasteiger partial charge in [0.2, 0.25) is 0 Å². The highest BCUT2D eigenvalue weighted by Crippen LogP contribution is 2.31. The number of benzene rings is 1. The lowest BCUT2D eigenvalue weighted by Gasteiger charge is -2.27. The normalized spacial score (nSPS) is 14.9. The second kappa shape index (κ2) is 5.43. The molecule has 1 fully saturated rings. The molecule has 0 saturated heterocycles. The number of hydrogen-bond acceptors (Lipinski definition) is 1. The highest BCUT2D eigenvalue weighted by atomic mass is 79.9. The van der Waals surface area contributed by atoms with Crippen LogP contribution in [0.2, 0.25) is 0 Å². The molecule has 0 aromatic heterocycles. The van der Waals surface area contributed by atoms with Crippen LogP contribution in [0.15, 0.2) is 22.7 Å². The van der Waals surface area contributed by atoms with Crippen LogP contribution >= 0.6 is 15.9 Å². The van der Waals surface area contributed by atoms with E-state index < -0.39 is 0 Å². The van der Waals surface area contributed by atoms with Gasteiger partial charge in [0, 0.05) is 22.6 Å². The maximum absolute atomic E-state index is 12.5. The maximum Gasteiger partial charge on any atom is 0.254 e. The van der Waals surface area contributed by atoms with Gasteiger partial charge >= 0.3 is 0 Å². The third kappa shape index (κ3) is 3.14. The van der Waals surface area contributed by atoms with Crippen molar-refractivity contribution >= 4 is 21.8 Å². The van der Waals surface area contributed by atoms with Gasteiger partial charge in [-0.1, -0.05) is 22.0 Å². The number of rotatable bonds is 4. The Bertz CT molecular complexity index is 452. The molecule has 3 heteroatoms. The highest BCUT2D eigenvalue weighted by Gasteiger charge is 2.28. The fourth-order valence-electron chi connectivity index (χ4n) is 2.00. The molecule has 0 radical (unpaired) electrons. The molecular formula is C15H20BrNO. The van der Waals surface area contributed by atoms with Crippen molar-refractivity contribution in [2.24, 2.45) is 5.92 Å². The fourth-order valence-corrected chi connectivity index (χ4v) is 2.38. The Morgan fingerprint density at radius 2 is 2.11 bits per heavy atom. The summed E-state index contributed by atoms with van der Waals surface area (Å²) in [4.78, 5) is 14.5. The number of carbonyl (C=O) groups is 1. The van der Waals surface area contributed by atoms with E-state index in [1.54, 1.807) is 0 Å². The Kier molecular flexibility index (Phi) is 4.10. The summed E-state index contributed by atoms with van der Waals surface area (Å²) in [6.45, 7) is 7.11. The summed E-state index contributed by atoms with van der Waals surface area (Å²) in [6.07, 6.45) is 2.54. The molecule has 18 heavy (non-hydrogen) atoms. The van der Waals surface area contributed by atoms with Crippen molar-refractivity contribution in [2.75, 3.05) is 6.54 Å². The summed E-state index contributed by atoms with van der Waals surface area (Å²) < 4.78 is 1.00. The second-order valence-corrected chi connectivity index (χ2v) is 6.31. The van der Waals surface area contributed by atoms with Crippen LogP contribution in [-0.4, -0.2) is 23.4 Å². The van der Waals surface area contributed by atoms with Crippen LogP contribution in [0.5, 0.6) is 0 Å². The van der Waals surface area contributed by atoms with Gasteiger partial charge in [-0.2, -0.15) is 0 Å². The number of hydrogen-bond donors (Lipinski definition) is 0. The molecule has 1 amide bonds. The van der Waals surface area contributed by atoms with Crippen molar-refractivity contribution in [3.8, 4) is 0 Å². The van der Waals surface area contributed by atoms with Crippen molar-refractivity contribution in [2.45, 2.75) is 39.7 Å². The molecular weight excluding hydrogens is 290 g/mol. The predicted octanol–water partition coefficient (Wildman–Crippen LogP) is 4.02. The zero-order valence-corrected chi connectivity index (χ0v) is 12.8. The Balaban J connectivity index is 2.18. The Labute approximate surface area is 117 Å². The molecule has 1 aliphatic carbocycles. The molecule has 1 aromatic carbocycles. The summed E-state index contributed by atoms with van der Waals surface area (Å²) in [6, 6.07) is 6.11. The molecule has 0 heterocycles. The molecule has 0 spiro atoms. The van der Waals surface area contributed by atoms with Crippen LogP contribution in [0, 0.1) is 12.8 Å². The number of carbonyl (C=O) groups excluding carboxylic acids is 1. The van der Waals surface area contributed by atoms with Crippen molar-refractivity contribution in [1.82, 2.24) is 4.90 Å². The molecule has 0 N–H and O–H groups in total. The summed E-state index contributed by atoms with van der Waals surface area (Å²) in [5.41, 5.74) is 1.94. The van der Waals surface area contributed by atoms with Crippen LogP contribution in [0.4, 0.5) is 0 Å². The summed E-state index contributed by atoms with van der Waals surface area (Å²) in [7, 11) is 0. The van der Waals surface area contributed by atoms with Crippen LogP contribution in [0.25, 0.3) is 0 Å². The van der Waals surface area contributed by atoms with E-state index in [0.717, 1.165) is 28.1 Å². The van der Waals surface area contributed by atoms with E-state index in [1.165, 1.54) is 12.8 Å². The minimum Gasteiger partial charge on any atom is -0.336 e. The predicted molar refractivity (Wildman–Crippen MR) is 77.8 cm³/mol. The molecule has 98 valence electrons. The van der Waals surface area contributed by atoms with Crippen LogP contribution in [0.3, 0.4) is 0 Å². The first-order valence-electron chi connectivity index (χ1n) is 6.56. The monoisotopic (exact) mass is 309 g/mol. The van der Waals surface area contributed by atoms with Gasteiger partial charge in [0.05, 0.1) is 0 Å².